The summed E-state index contributed by atoms with van der Waals surface area (Å²) in [6.45, 7) is 0.624. The zero-order valence-corrected chi connectivity index (χ0v) is 8.83. The summed E-state index contributed by atoms with van der Waals surface area (Å²) in [5, 5.41) is 9.43. The highest BCUT2D eigenvalue weighted by Crippen LogP contribution is 2.15. The molecule has 2 rings (SSSR count). The monoisotopic (exact) mass is 222 g/mol. The first-order valence-corrected chi connectivity index (χ1v) is 5.27. The summed E-state index contributed by atoms with van der Waals surface area (Å²) in [7, 11) is 0. The lowest BCUT2D eigenvalue weighted by molar-refractivity contribution is -0.159. The average Bonchev–Trinajstić information content (AvgIpc) is 2.74. The lowest BCUT2D eigenvalue weighted by Crippen LogP contribution is -2.31. The van der Waals surface area contributed by atoms with E-state index in [0.29, 0.717) is 13.0 Å². The van der Waals surface area contributed by atoms with Gasteiger partial charge in [-0.15, -0.1) is 0 Å². The summed E-state index contributed by atoms with van der Waals surface area (Å²) < 4.78 is 10.1. The summed E-state index contributed by atoms with van der Waals surface area (Å²) in [4.78, 5) is 11.5. The largest absolute Gasteiger partial charge is 0.459 e. The van der Waals surface area contributed by atoms with Crippen molar-refractivity contribution in [2.45, 2.75) is 25.2 Å². The standard InChI is InChI=1S/C12H14O4/c13-10-6-7-15-11(10)12(14)16-8-9-4-2-1-3-5-9/h1-5,10-11,13H,6-8H2/t10-,11-/m1/s1. The molecule has 0 spiro atoms. The van der Waals surface area contributed by atoms with Gasteiger partial charge in [0.25, 0.3) is 0 Å². The van der Waals surface area contributed by atoms with E-state index in [9.17, 15) is 9.90 Å². The maximum Gasteiger partial charge on any atom is 0.338 e. The van der Waals surface area contributed by atoms with Gasteiger partial charge in [-0.3, -0.25) is 0 Å². The van der Waals surface area contributed by atoms with Crippen molar-refractivity contribution in [3.8, 4) is 0 Å². The molecule has 2 atom stereocenters. The molecule has 0 saturated carbocycles. The minimum Gasteiger partial charge on any atom is -0.459 e. The van der Waals surface area contributed by atoms with Gasteiger partial charge >= 0.3 is 5.97 Å². The molecule has 0 bridgehead atoms. The number of aliphatic hydroxyl groups is 1. The third-order valence-corrected chi connectivity index (χ3v) is 2.52. The molecule has 0 aliphatic carbocycles. The third-order valence-electron chi connectivity index (χ3n) is 2.52. The zero-order chi connectivity index (χ0) is 11.4. The predicted molar refractivity (Wildman–Crippen MR) is 56.6 cm³/mol. The first-order chi connectivity index (χ1) is 7.77. The molecule has 1 fully saturated rings. The van der Waals surface area contributed by atoms with Gasteiger partial charge in [0.15, 0.2) is 6.10 Å². The molecular weight excluding hydrogens is 208 g/mol. The molecule has 1 heterocycles. The Morgan fingerprint density at radius 2 is 2.19 bits per heavy atom. The van der Waals surface area contributed by atoms with Crippen LogP contribution in [0.15, 0.2) is 30.3 Å². The Kier molecular flexibility index (Phi) is 3.54. The summed E-state index contributed by atoms with van der Waals surface area (Å²) in [6.07, 6.45) is -1.06. The van der Waals surface area contributed by atoms with Crippen LogP contribution in [0.2, 0.25) is 0 Å². The van der Waals surface area contributed by atoms with Crippen molar-refractivity contribution in [2.24, 2.45) is 0 Å². The Hall–Kier alpha value is -1.39. The Morgan fingerprint density at radius 3 is 2.81 bits per heavy atom. The maximum atomic E-state index is 11.5. The molecule has 0 unspecified atom stereocenters. The summed E-state index contributed by atoms with van der Waals surface area (Å²) >= 11 is 0. The lowest BCUT2D eigenvalue weighted by Gasteiger charge is -2.12. The normalized spacial score (nSPS) is 24.3. The van der Waals surface area contributed by atoms with Crippen molar-refractivity contribution in [1.29, 1.82) is 0 Å². The summed E-state index contributed by atoms with van der Waals surface area (Å²) in [6, 6.07) is 9.40. The number of ether oxygens (including phenoxy) is 2. The zero-order valence-electron chi connectivity index (χ0n) is 8.83. The average molecular weight is 222 g/mol. The van der Waals surface area contributed by atoms with Gasteiger partial charge in [0.05, 0.1) is 12.7 Å². The molecule has 1 aliphatic heterocycles. The second-order valence-corrected chi connectivity index (χ2v) is 3.74. The number of carbonyl (C=O) groups excluding carboxylic acids is 1. The van der Waals surface area contributed by atoms with Crippen molar-refractivity contribution in [1.82, 2.24) is 0 Å². The van der Waals surface area contributed by atoms with Crippen molar-refractivity contribution < 1.29 is 19.4 Å². The van der Waals surface area contributed by atoms with E-state index in [0.717, 1.165) is 5.56 Å². The van der Waals surface area contributed by atoms with E-state index in [2.05, 4.69) is 0 Å². The van der Waals surface area contributed by atoms with Crippen LogP contribution in [0.1, 0.15) is 12.0 Å². The number of aliphatic hydroxyl groups excluding tert-OH is 1. The molecule has 86 valence electrons. The first-order valence-electron chi connectivity index (χ1n) is 5.27. The van der Waals surface area contributed by atoms with E-state index in [1.165, 1.54) is 0 Å². The lowest BCUT2D eigenvalue weighted by atomic mass is 10.2. The minimum absolute atomic E-state index is 0.215. The quantitative estimate of drug-likeness (QED) is 0.771. The minimum atomic E-state index is -0.816. The first kappa shape index (κ1) is 11.1. The topological polar surface area (TPSA) is 55.8 Å². The van der Waals surface area contributed by atoms with E-state index >= 15 is 0 Å². The van der Waals surface area contributed by atoms with Crippen LogP contribution in [0.5, 0.6) is 0 Å². The number of carbonyl (C=O) groups is 1. The molecule has 1 aromatic carbocycles. The van der Waals surface area contributed by atoms with Gasteiger partial charge in [0.1, 0.15) is 6.61 Å². The van der Waals surface area contributed by atoms with E-state index in [1.54, 1.807) is 0 Å². The molecule has 0 amide bonds. The Labute approximate surface area is 93.8 Å². The molecule has 1 saturated heterocycles. The summed E-state index contributed by atoms with van der Waals surface area (Å²) in [5.74, 6) is -0.492. The van der Waals surface area contributed by atoms with Crippen molar-refractivity contribution in [2.75, 3.05) is 6.61 Å². The van der Waals surface area contributed by atoms with Crippen LogP contribution in [0, 0.1) is 0 Å². The molecule has 1 N–H and O–H groups in total. The Bertz CT molecular complexity index is 349. The number of rotatable bonds is 3. The van der Waals surface area contributed by atoms with Crippen LogP contribution in [-0.2, 0) is 20.9 Å². The number of hydrogen-bond acceptors (Lipinski definition) is 4. The fourth-order valence-electron chi connectivity index (χ4n) is 1.61. The van der Waals surface area contributed by atoms with E-state index in [4.69, 9.17) is 9.47 Å². The Balaban J connectivity index is 1.84. The van der Waals surface area contributed by atoms with E-state index in [1.807, 2.05) is 30.3 Å². The summed E-state index contributed by atoms with van der Waals surface area (Å²) in [5.41, 5.74) is 0.920. The fraction of sp³-hybridized carbons (Fsp3) is 0.417. The van der Waals surface area contributed by atoms with Crippen molar-refractivity contribution >= 4 is 5.97 Å². The van der Waals surface area contributed by atoms with Crippen LogP contribution in [0.3, 0.4) is 0 Å². The second-order valence-electron chi connectivity index (χ2n) is 3.74. The molecule has 4 heteroatoms. The fourth-order valence-corrected chi connectivity index (χ4v) is 1.61. The van der Waals surface area contributed by atoms with E-state index < -0.39 is 18.2 Å². The van der Waals surface area contributed by atoms with Gasteiger partial charge in [-0.2, -0.15) is 0 Å². The number of benzene rings is 1. The van der Waals surface area contributed by atoms with Crippen LogP contribution in [0.4, 0.5) is 0 Å². The SMILES string of the molecule is O=C(OCc1ccccc1)[C@@H]1OCC[C@H]1O. The van der Waals surface area contributed by atoms with Gasteiger partial charge in [-0.1, -0.05) is 30.3 Å². The molecule has 4 nitrogen and oxygen atoms in total. The molecule has 1 aromatic rings. The number of hydrogen-bond donors (Lipinski definition) is 1. The van der Waals surface area contributed by atoms with Crippen LogP contribution < -0.4 is 0 Å². The highest BCUT2D eigenvalue weighted by Gasteiger charge is 2.33. The third kappa shape index (κ3) is 2.59. The second kappa shape index (κ2) is 5.09. The Morgan fingerprint density at radius 1 is 1.44 bits per heavy atom. The maximum absolute atomic E-state index is 11.5. The van der Waals surface area contributed by atoms with Gasteiger partial charge in [-0.25, -0.2) is 4.79 Å². The molecular formula is C12H14O4. The molecule has 1 aliphatic rings. The van der Waals surface area contributed by atoms with Crippen LogP contribution >= 0.6 is 0 Å². The van der Waals surface area contributed by atoms with Gasteiger partial charge in [0.2, 0.25) is 0 Å². The highest BCUT2D eigenvalue weighted by atomic mass is 16.6. The highest BCUT2D eigenvalue weighted by molar-refractivity contribution is 5.75. The van der Waals surface area contributed by atoms with Gasteiger partial charge in [-0.05, 0) is 12.0 Å². The van der Waals surface area contributed by atoms with Crippen LogP contribution in [0.25, 0.3) is 0 Å². The smallest absolute Gasteiger partial charge is 0.338 e. The molecule has 16 heavy (non-hydrogen) atoms. The van der Waals surface area contributed by atoms with Crippen LogP contribution in [-0.4, -0.2) is 29.9 Å². The van der Waals surface area contributed by atoms with Crippen molar-refractivity contribution in [3.05, 3.63) is 35.9 Å². The molecule has 0 aromatic heterocycles. The number of esters is 1. The van der Waals surface area contributed by atoms with Crippen molar-refractivity contribution in [3.63, 3.8) is 0 Å². The van der Waals surface area contributed by atoms with Gasteiger partial charge < -0.3 is 14.6 Å². The molecule has 0 radical (unpaired) electrons. The predicted octanol–water partition coefficient (Wildman–Crippen LogP) is 0.880. The van der Waals surface area contributed by atoms with E-state index in [-0.39, 0.29) is 6.61 Å². The van der Waals surface area contributed by atoms with Gasteiger partial charge in [0, 0.05) is 0 Å².